The number of rotatable bonds is 2. The van der Waals surface area contributed by atoms with Crippen LogP contribution in [0.25, 0.3) is 0 Å². The first-order valence-electron chi connectivity index (χ1n) is 4.76. The molecule has 11 heavy (non-hydrogen) atoms. The molecule has 1 N–H and O–H groups in total. The summed E-state index contributed by atoms with van der Waals surface area (Å²) < 4.78 is 0. The highest BCUT2D eigenvalue weighted by molar-refractivity contribution is 4.86. The quantitative estimate of drug-likeness (QED) is 0.651. The molecule has 1 fully saturated rings. The van der Waals surface area contributed by atoms with Crippen LogP contribution in [0.3, 0.4) is 0 Å². The Kier molecular flexibility index (Phi) is 2.58. The molecule has 1 rings (SSSR count). The van der Waals surface area contributed by atoms with E-state index in [2.05, 4.69) is 20.8 Å². The fourth-order valence-electron chi connectivity index (χ4n) is 2.11. The standard InChI is InChI=1S/C10H20O/c1-4-10(2,3)8-6-5-7-9(8)11/h8-9,11H,4-7H2,1-3H3/t8-,9-/m1/s1. The minimum Gasteiger partial charge on any atom is -0.393 e. The van der Waals surface area contributed by atoms with Crippen molar-refractivity contribution in [2.24, 2.45) is 11.3 Å². The third kappa shape index (κ3) is 1.76. The molecule has 1 saturated carbocycles. The van der Waals surface area contributed by atoms with E-state index in [9.17, 15) is 5.11 Å². The van der Waals surface area contributed by atoms with Gasteiger partial charge in [-0.1, -0.05) is 33.6 Å². The zero-order valence-corrected chi connectivity index (χ0v) is 7.93. The number of aliphatic hydroxyl groups is 1. The highest BCUT2D eigenvalue weighted by Crippen LogP contribution is 2.41. The lowest BCUT2D eigenvalue weighted by Crippen LogP contribution is -2.29. The van der Waals surface area contributed by atoms with Gasteiger partial charge in [-0.25, -0.2) is 0 Å². The van der Waals surface area contributed by atoms with E-state index in [-0.39, 0.29) is 6.10 Å². The molecule has 0 aromatic rings. The summed E-state index contributed by atoms with van der Waals surface area (Å²) in [5, 5.41) is 9.66. The van der Waals surface area contributed by atoms with E-state index in [1.807, 2.05) is 0 Å². The molecule has 0 spiro atoms. The Labute approximate surface area is 69.8 Å². The first-order chi connectivity index (χ1) is 5.08. The molecule has 0 bridgehead atoms. The number of aliphatic hydroxyl groups excluding tert-OH is 1. The van der Waals surface area contributed by atoms with Crippen LogP contribution in [-0.2, 0) is 0 Å². The molecule has 1 aliphatic rings. The molecule has 0 amide bonds. The van der Waals surface area contributed by atoms with E-state index in [1.54, 1.807) is 0 Å². The first-order valence-corrected chi connectivity index (χ1v) is 4.76. The van der Waals surface area contributed by atoms with Gasteiger partial charge < -0.3 is 5.11 Å². The SMILES string of the molecule is CCC(C)(C)[C@@H]1CCC[C@H]1O. The zero-order valence-electron chi connectivity index (χ0n) is 7.93. The highest BCUT2D eigenvalue weighted by atomic mass is 16.3. The molecule has 0 aromatic heterocycles. The van der Waals surface area contributed by atoms with Gasteiger partial charge in [0.25, 0.3) is 0 Å². The molecule has 1 nitrogen and oxygen atoms in total. The van der Waals surface area contributed by atoms with Crippen LogP contribution in [-0.4, -0.2) is 11.2 Å². The maximum absolute atomic E-state index is 9.66. The Hall–Kier alpha value is -0.0400. The van der Waals surface area contributed by atoms with Gasteiger partial charge in [0.2, 0.25) is 0 Å². The van der Waals surface area contributed by atoms with E-state index < -0.39 is 0 Å². The second-order valence-corrected chi connectivity index (χ2v) is 4.45. The Morgan fingerprint density at radius 2 is 2.00 bits per heavy atom. The summed E-state index contributed by atoms with van der Waals surface area (Å²) in [7, 11) is 0. The molecule has 0 unspecified atom stereocenters. The van der Waals surface area contributed by atoms with E-state index in [0.29, 0.717) is 11.3 Å². The van der Waals surface area contributed by atoms with Gasteiger partial charge in [0.05, 0.1) is 6.10 Å². The normalized spacial score (nSPS) is 32.7. The third-order valence-corrected chi connectivity index (χ3v) is 3.39. The van der Waals surface area contributed by atoms with Crippen LogP contribution in [0.5, 0.6) is 0 Å². The molecular weight excluding hydrogens is 136 g/mol. The topological polar surface area (TPSA) is 20.2 Å². The average Bonchev–Trinajstić information content (AvgIpc) is 2.36. The smallest absolute Gasteiger partial charge is 0.0573 e. The second kappa shape index (κ2) is 3.14. The van der Waals surface area contributed by atoms with Gasteiger partial charge in [0.15, 0.2) is 0 Å². The van der Waals surface area contributed by atoms with Crippen molar-refractivity contribution < 1.29 is 5.11 Å². The van der Waals surface area contributed by atoms with Crippen LogP contribution in [0.1, 0.15) is 46.5 Å². The summed E-state index contributed by atoms with van der Waals surface area (Å²) in [5.41, 5.74) is 0.343. The largest absolute Gasteiger partial charge is 0.393 e. The van der Waals surface area contributed by atoms with Crippen molar-refractivity contribution in [2.75, 3.05) is 0 Å². The van der Waals surface area contributed by atoms with E-state index in [4.69, 9.17) is 0 Å². The van der Waals surface area contributed by atoms with Crippen molar-refractivity contribution in [1.82, 2.24) is 0 Å². The summed E-state index contributed by atoms with van der Waals surface area (Å²) in [6, 6.07) is 0. The fraction of sp³-hybridized carbons (Fsp3) is 1.00. The molecule has 0 aromatic carbocycles. The fourth-order valence-corrected chi connectivity index (χ4v) is 2.11. The van der Waals surface area contributed by atoms with Gasteiger partial charge >= 0.3 is 0 Å². The van der Waals surface area contributed by atoms with Crippen molar-refractivity contribution in [3.05, 3.63) is 0 Å². The number of hydrogen-bond donors (Lipinski definition) is 1. The van der Waals surface area contributed by atoms with Crippen LogP contribution >= 0.6 is 0 Å². The average molecular weight is 156 g/mol. The van der Waals surface area contributed by atoms with E-state index in [1.165, 1.54) is 19.3 Å². The van der Waals surface area contributed by atoms with Crippen LogP contribution in [0, 0.1) is 11.3 Å². The van der Waals surface area contributed by atoms with E-state index >= 15 is 0 Å². The second-order valence-electron chi connectivity index (χ2n) is 4.45. The lowest BCUT2D eigenvalue weighted by atomic mass is 9.75. The lowest BCUT2D eigenvalue weighted by molar-refractivity contribution is 0.0565. The predicted octanol–water partition coefficient (Wildman–Crippen LogP) is 2.58. The maximum Gasteiger partial charge on any atom is 0.0573 e. The van der Waals surface area contributed by atoms with Crippen molar-refractivity contribution in [2.45, 2.75) is 52.6 Å². The summed E-state index contributed by atoms with van der Waals surface area (Å²) in [6.45, 7) is 6.75. The Morgan fingerprint density at radius 3 is 2.36 bits per heavy atom. The number of hydrogen-bond acceptors (Lipinski definition) is 1. The Bertz CT molecular complexity index is 129. The Balaban J connectivity index is 2.58. The third-order valence-electron chi connectivity index (χ3n) is 3.39. The molecule has 0 aliphatic heterocycles. The van der Waals surface area contributed by atoms with Crippen LogP contribution < -0.4 is 0 Å². The van der Waals surface area contributed by atoms with Gasteiger partial charge in [-0.05, 0) is 24.2 Å². The van der Waals surface area contributed by atoms with Gasteiger partial charge in [-0.3, -0.25) is 0 Å². The predicted molar refractivity (Wildman–Crippen MR) is 47.4 cm³/mol. The molecule has 2 atom stereocenters. The molecule has 1 aliphatic carbocycles. The van der Waals surface area contributed by atoms with Crippen LogP contribution in [0.15, 0.2) is 0 Å². The zero-order chi connectivity index (χ0) is 8.48. The maximum atomic E-state index is 9.66. The first kappa shape index (κ1) is 9.05. The molecule has 1 heteroatoms. The van der Waals surface area contributed by atoms with Gasteiger partial charge in [0.1, 0.15) is 0 Å². The summed E-state index contributed by atoms with van der Waals surface area (Å²) in [4.78, 5) is 0. The van der Waals surface area contributed by atoms with Crippen molar-refractivity contribution in [3.63, 3.8) is 0 Å². The van der Waals surface area contributed by atoms with Gasteiger partial charge in [-0.15, -0.1) is 0 Å². The van der Waals surface area contributed by atoms with Gasteiger partial charge in [0, 0.05) is 0 Å². The molecule has 0 radical (unpaired) electrons. The van der Waals surface area contributed by atoms with Crippen LogP contribution in [0.2, 0.25) is 0 Å². The summed E-state index contributed by atoms with van der Waals surface area (Å²) >= 11 is 0. The molecule has 66 valence electrons. The minimum absolute atomic E-state index is 0.0232. The van der Waals surface area contributed by atoms with Crippen molar-refractivity contribution >= 4 is 0 Å². The highest BCUT2D eigenvalue weighted by Gasteiger charge is 2.36. The molecular formula is C10H20O. The van der Waals surface area contributed by atoms with Crippen LogP contribution in [0.4, 0.5) is 0 Å². The van der Waals surface area contributed by atoms with E-state index in [0.717, 1.165) is 6.42 Å². The Morgan fingerprint density at radius 1 is 1.36 bits per heavy atom. The van der Waals surface area contributed by atoms with Crippen molar-refractivity contribution in [1.29, 1.82) is 0 Å². The monoisotopic (exact) mass is 156 g/mol. The molecule has 0 heterocycles. The lowest BCUT2D eigenvalue weighted by Gasteiger charge is -2.32. The van der Waals surface area contributed by atoms with Gasteiger partial charge in [-0.2, -0.15) is 0 Å². The minimum atomic E-state index is -0.0232. The summed E-state index contributed by atoms with van der Waals surface area (Å²) in [5.74, 6) is 0.549. The van der Waals surface area contributed by atoms with Crippen molar-refractivity contribution in [3.8, 4) is 0 Å². The molecule has 0 saturated heterocycles. The summed E-state index contributed by atoms with van der Waals surface area (Å²) in [6.07, 6.45) is 4.62.